The average molecular weight is 439 g/mol. The van der Waals surface area contributed by atoms with Crippen LogP contribution in [0.3, 0.4) is 0 Å². The lowest BCUT2D eigenvalue weighted by Gasteiger charge is -2.11. The second-order valence-corrected chi connectivity index (χ2v) is 7.86. The molecule has 1 N–H and O–H groups in total. The van der Waals surface area contributed by atoms with Gasteiger partial charge in [0.05, 0.1) is 17.5 Å². The van der Waals surface area contributed by atoms with E-state index in [0.717, 1.165) is 11.4 Å². The average Bonchev–Trinajstić information content (AvgIpc) is 3.34. The molecule has 4 rings (SSSR count). The van der Waals surface area contributed by atoms with Crippen LogP contribution in [0.1, 0.15) is 5.69 Å². The van der Waals surface area contributed by atoms with Gasteiger partial charge in [0, 0.05) is 12.8 Å². The topological polar surface area (TPSA) is 100.0 Å². The lowest BCUT2D eigenvalue weighted by atomic mass is 10.3. The van der Waals surface area contributed by atoms with Crippen molar-refractivity contribution in [2.45, 2.75) is 18.2 Å². The summed E-state index contributed by atoms with van der Waals surface area (Å²) in [6, 6.07) is 18.7. The second kappa shape index (κ2) is 9.19. The van der Waals surface area contributed by atoms with Gasteiger partial charge in [-0.2, -0.15) is 4.68 Å². The maximum Gasteiger partial charge on any atom is 0.297 e. The van der Waals surface area contributed by atoms with Crippen molar-refractivity contribution in [3.63, 3.8) is 0 Å². The lowest BCUT2D eigenvalue weighted by Crippen LogP contribution is -2.22. The van der Waals surface area contributed by atoms with Crippen molar-refractivity contribution < 1.29 is 9.84 Å². The number of ether oxygens (including phenoxy) is 1. The van der Waals surface area contributed by atoms with Crippen LogP contribution in [0.25, 0.3) is 11.4 Å². The van der Waals surface area contributed by atoms with E-state index in [4.69, 9.17) is 4.74 Å². The number of aliphatic hydroxyl groups excluding tert-OH is 1. The summed E-state index contributed by atoms with van der Waals surface area (Å²) in [5.41, 5.74) is 1.61. The summed E-state index contributed by atoms with van der Waals surface area (Å²) in [7, 11) is 1.81. The van der Waals surface area contributed by atoms with E-state index in [1.165, 1.54) is 16.4 Å². The number of hydrogen-bond donors (Lipinski definition) is 1. The molecular formula is C21H22N6O3S. The maximum atomic E-state index is 13.2. The summed E-state index contributed by atoms with van der Waals surface area (Å²) >= 11 is 1.26. The lowest BCUT2D eigenvalue weighted by molar-refractivity contribution is 0.126. The van der Waals surface area contributed by atoms with Gasteiger partial charge in [0.25, 0.3) is 5.56 Å². The van der Waals surface area contributed by atoms with E-state index in [1.54, 1.807) is 9.36 Å². The largest absolute Gasteiger partial charge is 0.491 e. The Morgan fingerprint density at radius 2 is 1.77 bits per heavy atom. The normalized spacial score (nSPS) is 12.1. The smallest absolute Gasteiger partial charge is 0.297 e. The highest BCUT2D eigenvalue weighted by Crippen LogP contribution is 2.21. The van der Waals surface area contributed by atoms with Crippen LogP contribution >= 0.6 is 11.8 Å². The van der Waals surface area contributed by atoms with E-state index in [-0.39, 0.29) is 12.2 Å². The minimum atomic E-state index is -0.729. The minimum Gasteiger partial charge on any atom is -0.491 e. The molecule has 2 aromatic heterocycles. The number of nitrogens with zero attached hydrogens (tertiary/aromatic N) is 6. The number of aliphatic hydroxyl groups is 1. The zero-order chi connectivity index (χ0) is 21.8. The quantitative estimate of drug-likeness (QED) is 0.420. The van der Waals surface area contributed by atoms with Crippen LogP contribution in [0.15, 0.2) is 70.6 Å². The number of hydrogen-bond acceptors (Lipinski definition) is 7. The Kier molecular flexibility index (Phi) is 6.19. The standard InChI is InChI=1S/C21H22N6O3S/c1-15-19(20(29)27(25(15)2)16-9-5-3-6-10-16)26-21(22-23-24-26)31-14-17(28)13-30-18-11-7-4-8-12-18/h3-12,17,28H,13-14H2,1-2H3. The minimum absolute atomic E-state index is 0.143. The first kappa shape index (κ1) is 20.9. The molecule has 0 radical (unpaired) electrons. The highest BCUT2D eigenvalue weighted by molar-refractivity contribution is 7.99. The summed E-state index contributed by atoms with van der Waals surface area (Å²) in [4.78, 5) is 13.2. The molecule has 0 amide bonds. The molecule has 0 bridgehead atoms. The van der Waals surface area contributed by atoms with Crippen molar-refractivity contribution in [2.75, 3.05) is 12.4 Å². The number of thioether (sulfide) groups is 1. The van der Waals surface area contributed by atoms with Gasteiger partial charge in [-0.3, -0.25) is 9.48 Å². The molecule has 31 heavy (non-hydrogen) atoms. The van der Waals surface area contributed by atoms with Gasteiger partial charge in [-0.15, -0.1) is 5.10 Å². The van der Waals surface area contributed by atoms with Gasteiger partial charge >= 0.3 is 0 Å². The summed E-state index contributed by atoms with van der Waals surface area (Å²) < 4.78 is 10.3. The molecule has 9 nitrogen and oxygen atoms in total. The van der Waals surface area contributed by atoms with Crippen molar-refractivity contribution in [3.05, 3.63) is 76.7 Å². The third-order valence-corrected chi connectivity index (χ3v) is 5.83. The molecule has 0 aliphatic carbocycles. The zero-order valence-corrected chi connectivity index (χ0v) is 17.9. The Morgan fingerprint density at radius 3 is 2.48 bits per heavy atom. The van der Waals surface area contributed by atoms with Gasteiger partial charge < -0.3 is 9.84 Å². The second-order valence-electron chi connectivity index (χ2n) is 6.87. The molecule has 0 saturated carbocycles. The first-order valence-corrected chi connectivity index (χ1v) is 10.7. The van der Waals surface area contributed by atoms with E-state index in [9.17, 15) is 9.90 Å². The first-order chi connectivity index (χ1) is 15.1. The molecule has 2 heterocycles. The van der Waals surface area contributed by atoms with Crippen LogP contribution in [-0.2, 0) is 7.05 Å². The molecule has 4 aromatic rings. The summed E-state index contributed by atoms with van der Waals surface area (Å²) in [6.45, 7) is 1.98. The van der Waals surface area contributed by atoms with E-state index in [2.05, 4.69) is 15.5 Å². The Labute approximate surface area is 182 Å². The first-order valence-electron chi connectivity index (χ1n) is 9.67. The molecule has 2 aromatic carbocycles. The SMILES string of the molecule is Cc1c(-n2nnnc2SCC(O)COc2ccccc2)c(=O)n(-c2ccccc2)n1C. The summed E-state index contributed by atoms with van der Waals surface area (Å²) in [5.74, 6) is 1.00. The van der Waals surface area contributed by atoms with Gasteiger partial charge in [-0.25, -0.2) is 4.68 Å². The molecular weight excluding hydrogens is 416 g/mol. The third kappa shape index (κ3) is 4.39. The third-order valence-electron chi connectivity index (χ3n) is 4.77. The van der Waals surface area contributed by atoms with Crippen molar-refractivity contribution in [3.8, 4) is 17.1 Å². The van der Waals surface area contributed by atoms with Crippen LogP contribution < -0.4 is 10.3 Å². The Hall–Kier alpha value is -3.37. The molecule has 0 aliphatic rings. The summed E-state index contributed by atoms with van der Waals surface area (Å²) in [6.07, 6.45) is -0.729. The molecule has 10 heteroatoms. The van der Waals surface area contributed by atoms with E-state index >= 15 is 0 Å². The van der Waals surface area contributed by atoms with Gasteiger partial charge in [-0.05, 0) is 41.6 Å². The van der Waals surface area contributed by atoms with Gasteiger partial charge in [0.1, 0.15) is 12.4 Å². The van der Waals surface area contributed by atoms with Crippen LogP contribution in [-0.4, -0.2) is 53.1 Å². The van der Waals surface area contributed by atoms with E-state index in [1.807, 2.05) is 74.6 Å². The fourth-order valence-electron chi connectivity index (χ4n) is 3.14. The summed E-state index contributed by atoms with van der Waals surface area (Å²) in [5, 5.41) is 22.5. The predicted molar refractivity (Wildman–Crippen MR) is 117 cm³/mol. The fraction of sp³-hybridized carbons (Fsp3) is 0.238. The number of aromatic nitrogens is 6. The Bertz CT molecular complexity index is 1200. The molecule has 1 unspecified atom stereocenters. The van der Waals surface area contributed by atoms with Crippen LogP contribution in [0.4, 0.5) is 0 Å². The van der Waals surface area contributed by atoms with Crippen molar-refractivity contribution in [1.29, 1.82) is 0 Å². The monoisotopic (exact) mass is 438 g/mol. The van der Waals surface area contributed by atoms with Crippen LogP contribution in [0.2, 0.25) is 0 Å². The van der Waals surface area contributed by atoms with Crippen LogP contribution in [0.5, 0.6) is 5.75 Å². The van der Waals surface area contributed by atoms with Crippen molar-refractivity contribution >= 4 is 11.8 Å². The number of rotatable bonds is 8. The van der Waals surface area contributed by atoms with Gasteiger partial charge in [0.2, 0.25) is 5.16 Å². The fourth-order valence-corrected chi connectivity index (χ4v) is 3.92. The maximum absolute atomic E-state index is 13.2. The van der Waals surface area contributed by atoms with E-state index in [0.29, 0.717) is 22.3 Å². The van der Waals surface area contributed by atoms with Crippen molar-refractivity contribution in [1.82, 2.24) is 29.6 Å². The van der Waals surface area contributed by atoms with E-state index < -0.39 is 6.10 Å². The molecule has 0 spiro atoms. The Morgan fingerprint density at radius 1 is 1.10 bits per heavy atom. The molecule has 1 atom stereocenters. The number of benzene rings is 2. The molecule has 0 saturated heterocycles. The molecule has 0 aliphatic heterocycles. The molecule has 0 fully saturated rings. The van der Waals surface area contributed by atoms with Gasteiger partial charge in [-0.1, -0.05) is 48.2 Å². The zero-order valence-electron chi connectivity index (χ0n) is 17.1. The van der Waals surface area contributed by atoms with Crippen molar-refractivity contribution in [2.24, 2.45) is 7.05 Å². The highest BCUT2D eigenvalue weighted by atomic mass is 32.2. The number of tetrazole rings is 1. The van der Waals surface area contributed by atoms with Crippen LogP contribution in [0, 0.1) is 6.92 Å². The highest BCUT2D eigenvalue weighted by Gasteiger charge is 2.22. The number of para-hydroxylation sites is 2. The Balaban J connectivity index is 1.52. The van der Waals surface area contributed by atoms with Gasteiger partial charge in [0.15, 0.2) is 5.69 Å². The predicted octanol–water partition coefficient (Wildman–Crippen LogP) is 1.99. The molecule has 160 valence electrons.